The van der Waals surface area contributed by atoms with Gasteiger partial charge < -0.3 is 24.6 Å². The highest BCUT2D eigenvalue weighted by molar-refractivity contribution is 5.77. The van der Waals surface area contributed by atoms with E-state index in [-0.39, 0.29) is 30.3 Å². The molecule has 38 heavy (non-hydrogen) atoms. The van der Waals surface area contributed by atoms with Crippen LogP contribution in [0.15, 0.2) is 42.5 Å². The molecule has 9 nitrogen and oxygen atoms in total. The van der Waals surface area contributed by atoms with Crippen LogP contribution in [0.4, 0.5) is 30.2 Å². The van der Waals surface area contributed by atoms with Crippen molar-refractivity contribution >= 4 is 23.0 Å². The molecule has 0 atom stereocenters. The minimum absolute atomic E-state index is 0.000777. The second-order valence-corrected chi connectivity index (χ2v) is 9.49. The van der Waals surface area contributed by atoms with Gasteiger partial charge in [0.15, 0.2) is 0 Å². The first-order chi connectivity index (χ1) is 18.1. The van der Waals surface area contributed by atoms with Crippen molar-refractivity contribution in [2.45, 2.75) is 44.0 Å². The van der Waals surface area contributed by atoms with Gasteiger partial charge >= 0.3 is 6.18 Å². The number of nitro benzene ring substituents is 1. The molecular weight excluding hydrogens is 505 g/mol. The number of carbonyl (C=O) groups is 1. The highest BCUT2D eigenvalue weighted by Gasteiger charge is 2.38. The number of rotatable bonds is 8. The summed E-state index contributed by atoms with van der Waals surface area (Å²) in [6, 6.07) is 10.7. The number of methoxy groups -OCH3 is 1. The van der Waals surface area contributed by atoms with E-state index in [1.165, 1.54) is 6.07 Å². The standard InChI is InChI=1S/C26H31F3N4O5/c1-37-22-4-2-3-20(16-22)31-11-13-32(14-12-31)25(34)17-38-21-8-5-18(6-9-21)30-19-7-10-24(33(35)36)23(15-19)26(27,28)29/h2-4,7,10,15-16,18,21,30H,5-6,8-9,11-14,17H2,1H3. The molecule has 0 spiro atoms. The predicted molar refractivity (Wildman–Crippen MR) is 136 cm³/mol. The van der Waals surface area contributed by atoms with Crippen molar-refractivity contribution in [1.29, 1.82) is 0 Å². The molecule has 1 N–H and O–H groups in total. The lowest BCUT2D eigenvalue weighted by atomic mass is 9.92. The van der Waals surface area contributed by atoms with E-state index in [0.717, 1.165) is 23.6 Å². The fraction of sp³-hybridized carbons (Fsp3) is 0.500. The molecule has 0 radical (unpaired) electrons. The molecule has 2 aromatic rings. The van der Waals surface area contributed by atoms with Gasteiger partial charge in [0.25, 0.3) is 5.69 Å². The van der Waals surface area contributed by atoms with Crippen LogP contribution >= 0.6 is 0 Å². The lowest BCUT2D eigenvalue weighted by Gasteiger charge is -2.36. The second kappa shape index (κ2) is 11.9. The number of carbonyl (C=O) groups excluding carboxylic acids is 1. The van der Waals surface area contributed by atoms with E-state index < -0.39 is 22.4 Å². The van der Waals surface area contributed by atoms with E-state index in [1.807, 2.05) is 24.3 Å². The number of anilines is 2. The Kier molecular flexibility index (Phi) is 8.60. The van der Waals surface area contributed by atoms with Crippen molar-refractivity contribution in [2.24, 2.45) is 0 Å². The van der Waals surface area contributed by atoms with Crippen molar-refractivity contribution in [1.82, 2.24) is 4.90 Å². The molecule has 1 aliphatic carbocycles. The normalized spacial score (nSPS) is 20.2. The van der Waals surface area contributed by atoms with Crippen LogP contribution in [0.3, 0.4) is 0 Å². The van der Waals surface area contributed by atoms with Gasteiger partial charge in [0.2, 0.25) is 5.91 Å². The average molecular weight is 537 g/mol. The van der Waals surface area contributed by atoms with Gasteiger partial charge in [-0.15, -0.1) is 0 Å². The molecule has 1 saturated heterocycles. The second-order valence-electron chi connectivity index (χ2n) is 9.49. The van der Waals surface area contributed by atoms with E-state index in [4.69, 9.17) is 9.47 Å². The monoisotopic (exact) mass is 536 g/mol. The largest absolute Gasteiger partial charge is 0.497 e. The molecule has 12 heteroatoms. The summed E-state index contributed by atoms with van der Waals surface area (Å²) >= 11 is 0. The minimum atomic E-state index is -4.82. The van der Waals surface area contributed by atoms with Crippen molar-refractivity contribution < 1.29 is 32.4 Å². The quantitative estimate of drug-likeness (QED) is 0.386. The maximum absolute atomic E-state index is 13.2. The Balaban J connectivity index is 1.20. The molecule has 1 heterocycles. The van der Waals surface area contributed by atoms with Gasteiger partial charge in [0, 0.05) is 55.7 Å². The van der Waals surface area contributed by atoms with E-state index in [1.54, 1.807) is 12.0 Å². The number of nitrogens with one attached hydrogen (secondary N) is 1. The fourth-order valence-electron chi connectivity index (χ4n) is 4.92. The van der Waals surface area contributed by atoms with Gasteiger partial charge in [-0.1, -0.05) is 6.07 Å². The number of nitrogens with zero attached hydrogens (tertiary/aromatic N) is 3. The topological polar surface area (TPSA) is 97.2 Å². The van der Waals surface area contributed by atoms with E-state index in [9.17, 15) is 28.1 Å². The van der Waals surface area contributed by atoms with Crippen LogP contribution in [0.1, 0.15) is 31.2 Å². The van der Waals surface area contributed by atoms with Gasteiger partial charge in [0.1, 0.15) is 17.9 Å². The fourth-order valence-corrected chi connectivity index (χ4v) is 4.92. The van der Waals surface area contributed by atoms with Crippen LogP contribution in [0, 0.1) is 10.1 Å². The van der Waals surface area contributed by atoms with E-state index in [0.29, 0.717) is 51.9 Å². The summed E-state index contributed by atoms with van der Waals surface area (Å²) in [5, 5.41) is 14.0. The third-order valence-corrected chi connectivity index (χ3v) is 7.04. The van der Waals surface area contributed by atoms with Gasteiger partial charge in [-0.2, -0.15) is 13.2 Å². The van der Waals surface area contributed by atoms with Crippen molar-refractivity contribution in [2.75, 3.05) is 50.1 Å². The highest BCUT2D eigenvalue weighted by Crippen LogP contribution is 2.38. The smallest absolute Gasteiger partial charge is 0.423 e. The number of ether oxygens (including phenoxy) is 2. The average Bonchev–Trinajstić information content (AvgIpc) is 2.92. The third kappa shape index (κ3) is 6.85. The maximum atomic E-state index is 13.2. The Morgan fingerprint density at radius 2 is 1.79 bits per heavy atom. The molecule has 1 aliphatic heterocycles. The summed E-state index contributed by atoms with van der Waals surface area (Å²) in [6.45, 7) is 2.64. The molecule has 1 amide bonds. The molecule has 1 saturated carbocycles. The van der Waals surface area contributed by atoms with Gasteiger partial charge in [0.05, 0.1) is 18.1 Å². The van der Waals surface area contributed by atoms with E-state index in [2.05, 4.69) is 10.2 Å². The SMILES string of the molecule is COc1cccc(N2CCN(C(=O)COC3CCC(Nc4ccc([N+](=O)[O-])c(C(F)(F)F)c4)CC3)CC2)c1. The summed E-state index contributed by atoms with van der Waals surface area (Å²) in [7, 11) is 1.63. The Morgan fingerprint density at radius 3 is 2.42 bits per heavy atom. The zero-order valence-electron chi connectivity index (χ0n) is 21.1. The molecule has 206 valence electrons. The first-order valence-electron chi connectivity index (χ1n) is 12.5. The zero-order chi connectivity index (χ0) is 27.3. The maximum Gasteiger partial charge on any atom is 0.423 e. The van der Waals surface area contributed by atoms with Crippen LogP contribution in [0.25, 0.3) is 0 Å². The Bertz CT molecular complexity index is 1130. The van der Waals surface area contributed by atoms with E-state index >= 15 is 0 Å². The lowest BCUT2D eigenvalue weighted by molar-refractivity contribution is -0.388. The van der Waals surface area contributed by atoms with Crippen LogP contribution in [-0.2, 0) is 15.7 Å². The summed E-state index contributed by atoms with van der Waals surface area (Å²) in [6.07, 6.45) is -2.30. The van der Waals surface area contributed by atoms with Crippen LogP contribution in [-0.4, -0.2) is 67.8 Å². The summed E-state index contributed by atoms with van der Waals surface area (Å²) in [4.78, 5) is 26.6. The molecule has 0 aromatic heterocycles. The molecular formula is C26H31F3N4O5. The number of alkyl halides is 3. The first kappa shape index (κ1) is 27.5. The van der Waals surface area contributed by atoms with Gasteiger partial charge in [-0.25, -0.2) is 0 Å². The van der Waals surface area contributed by atoms with Crippen molar-refractivity contribution in [3.63, 3.8) is 0 Å². The number of hydrogen-bond donors (Lipinski definition) is 1. The first-order valence-corrected chi connectivity index (χ1v) is 12.5. The van der Waals surface area contributed by atoms with Crippen LogP contribution in [0.5, 0.6) is 5.75 Å². The number of halogens is 3. The zero-order valence-corrected chi connectivity index (χ0v) is 21.1. The number of nitro groups is 1. The minimum Gasteiger partial charge on any atom is -0.497 e. The molecule has 0 unspecified atom stereocenters. The van der Waals surface area contributed by atoms with Crippen LogP contribution < -0.4 is 15.0 Å². The van der Waals surface area contributed by atoms with Crippen LogP contribution in [0.2, 0.25) is 0 Å². The summed E-state index contributed by atoms with van der Waals surface area (Å²) in [5.41, 5.74) is -0.990. The Hall–Kier alpha value is -3.54. The van der Waals surface area contributed by atoms with Gasteiger partial charge in [-0.05, 0) is 49.9 Å². The summed E-state index contributed by atoms with van der Waals surface area (Å²) in [5.74, 6) is 0.735. The molecule has 2 aromatic carbocycles. The highest BCUT2D eigenvalue weighted by atomic mass is 19.4. The number of piperazine rings is 1. The lowest BCUT2D eigenvalue weighted by Crippen LogP contribution is -2.50. The molecule has 2 aliphatic rings. The third-order valence-electron chi connectivity index (χ3n) is 7.04. The number of hydrogen-bond acceptors (Lipinski definition) is 7. The predicted octanol–water partition coefficient (Wildman–Crippen LogP) is 4.71. The molecule has 0 bridgehead atoms. The van der Waals surface area contributed by atoms with Crippen molar-refractivity contribution in [3.8, 4) is 5.75 Å². The molecule has 2 fully saturated rings. The summed E-state index contributed by atoms with van der Waals surface area (Å²) < 4.78 is 50.9. The Labute approximate surface area is 218 Å². The van der Waals surface area contributed by atoms with Gasteiger partial charge in [-0.3, -0.25) is 14.9 Å². The van der Waals surface area contributed by atoms with Crippen molar-refractivity contribution in [3.05, 3.63) is 58.1 Å². The number of amides is 1. The molecule has 4 rings (SSSR count). The number of benzene rings is 2. The Morgan fingerprint density at radius 1 is 1.08 bits per heavy atom.